The summed E-state index contributed by atoms with van der Waals surface area (Å²) in [6.45, 7) is 1.86. The van der Waals surface area contributed by atoms with Crippen LogP contribution in [0.2, 0.25) is 0 Å². The molecule has 10 nitrogen and oxygen atoms in total. The van der Waals surface area contributed by atoms with E-state index < -0.39 is 37.1 Å². The predicted molar refractivity (Wildman–Crippen MR) is 99.8 cm³/mol. The van der Waals surface area contributed by atoms with Crippen LogP contribution in [0.4, 0.5) is 25.1 Å². The minimum Gasteiger partial charge on any atom is -0.491 e. The van der Waals surface area contributed by atoms with Gasteiger partial charge in [-0.1, -0.05) is 0 Å². The van der Waals surface area contributed by atoms with Gasteiger partial charge in [0.1, 0.15) is 36.9 Å². The molecule has 2 aliphatic heterocycles. The van der Waals surface area contributed by atoms with E-state index in [0.29, 0.717) is 29.4 Å². The van der Waals surface area contributed by atoms with Gasteiger partial charge >= 0.3 is 6.09 Å². The molecular formula is C18H19F2N5O5. The van der Waals surface area contributed by atoms with Crippen LogP contribution in [0.15, 0.2) is 24.4 Å². The zero-order chi connectivity index (χ0) is 21.4. The van der Waals surface area contributed by atoms with Crippen LogP contribution in [0.25, 0.3) is 11.4 Å². The van der Waals surface area contributed by atoms with Crippen molar-refractivity contribution in [2.24, 2.45) is 0 Å². The number of benzene rings is 1. The van der Waals surface area contributed by atoms with Gasteiger partial charge in [0.15, 0.2) is 5.82 Å². The number of cyclic esters (lactones) is 1. The Morgan fingerprint density at radius 3 is 2.90 bits per heavy atom. The van der Waals surface area contributed by atoms with Crippen LogP contribution in [0.3, 0.4) is 0 Å². The molecule has 0 aliphatic carbocycles. The highest BCUT2D eigenvalue weighted by molar-refractivity contribution is 5.90. The summed E-state index contributed by atoms with van der Waals surface area (Å²) in [5, 5.41) is 11.7. The fraction of sp³-hybridized carbons (Fsp3) is 0.389. The van der Waals surface area contributed by atoms with Crippen molar-refractivity contribution < 1.29 is 33.1 Å². The second kappa shape index (κ2) is 7.78. The van der Waals surface area contributed by atoms with Gasteiger partial charge in [-0.3, -0.25) is 10.0 Å². The van der Waals surface area contributed by atoms with E-state index in [9.17, 15) is 18.4 Å². The first kappa shape index (κ1) is 19.9. The summed E-state index contributed by atoms with van der Waals surface area (Å²) in [5.41, 5.74) is 2.75. The molecule has 0 spiro atoms. The molecule has 2 amide bonds. The molecule has 1 unspecified atom stereocenters. The number of alkyl halides is 2. The van der Waals surface area contributed by atoms with Crippen LogP contribution in [0, 0.1) is 0 Å². The third-order valence-electron chi connectivity index (χ3n) is 4.91. The Labute approximate surface area is 169 Å². The number of hydroxylamine groups is 1. The van der Waals surface area contributed by atoms with Crippen LogP contribution in [0.1, 0.15) is 6.92 Å². The maximum absolute atomic E-state index is 13.3. The number of nitrogens with one attached hydrogen (secondary N) is 2. The summed E-state index contributed by atoms with van der Waals surface area (Å²) in [4.78, 5) is 28.7. The number of anilines is 2. The number of amides is 2. The fourth-order valence-corrected chi connectivity index (χ4v) is 3.37. The van der Waals surface area contributed by atoms with Crippen LogP contribution in [0.5, 0.6) is 5.75 Å². The molecule has 4 rings (SSSR count). The minimum absolute atomic E-state index is 0.0843. The molecule has 0 radical (unpaired) electrons. The molecule has 1 saturated heterocycles. The van der Waals surface area contributed by atoms with Gasteiger partial charge in [-0.2, -0.15) is 0 Å². The standard InChI is InChI=1S/C18H19F2N5O5/c1-9(17(26)23-28)21-10-2-3-11-13(6-10)29-5-4-24-7-14(22-16(11)24)25-12(15(19)20)8-30-18(25)27/h2-3,6-7,9,12,15,21,28H,4-5,8H2,1H3,(H,23,26)/t9?,12-/m0/s1. The average Bonchev–Trinajstić information content (AvgIpc) is 3.26. The lowest BCUT2D eigenvalue weighted by Gasteiger charge is -2.17. The summed E-state index contributed by atoms with van der Waals surface area (Å²) in [7, 11) is 0. The highest BCUT2D eigenvalue weighted by Crippen LogP contribution is 2.36. The van der Waals surface area contributed by atoms with E-state index in [4.69, 9.17) is 14.7 Å². The van der Waals surface area contributed by atoms with Gasteiger partial charge < -0.3 is 19.4 Å². The summed E-state index contributed by atoms with van der Waals surface area (Å²) in [6, 6.07) is 2.99. The quantitative estimate of drug-likeness (QED) is 0.496. The van der Waals surface area contributed by atoms with Gasteiger partial charge in [0.25, 0.3) is 12.3 Å². The van der Waals surface area contributed by atoms with E-state index in [-0.39, 0.29) is 12.4 Å². The summed E-state index contributed by atoms with van der Waals surface area (Å²) in [6.07, 6.45) is -2.10. The number of hydrogen-bond donors (Lipinski definition) is 3. The number of halogens is 2. The molecular weight excluding hydrogens is 404 g/mol. The largest absolute Gasteiger partial charge is 0.491 e. The molecule has 2 aliphatic rings. The van der Waals surface area contributed by atoms with Gasteiger partial charge in [0, 0.05) is 18.0 Å². The lowest BCUT2D eigenvalue weighted by Crippen LogP contribution is -2.38. The molecule has 160 valence electrons. The molecule has 3 heterocycles. The Hall–Kier alpha value is -3.41. The highest BCUT2D eigenvalue weighted by atomic mass is 19.3. The van der Waals surface area contributed by atoms with E-state index in [0.717, 1.165) is 4.90 Å². The van der Waals surface area contributed by atoms with Crippen molar-refractivity contribution in [1.82, 2.24) is 15.0 Å². The van der Waals surface area contributed by atoms with Gasteiger partial charge in [-0.25, -0.2) is 28.9 Å². The van der Waals surface area contributed by atoms with Crippen LogP contribution in [-0.4, -0.2) is 58.5 Å². The van der Waals surface area contributed by atoms with Crippen molar-refractivity contribution >= 4 is 23.5 Å². The third kappa shape index (κ3) is 3.49. The number of fused-ring (bicyclic) bond motifs is 3. The number of carbonyl (C=O) groups is 2. The zero-order valence-electron chi connectivity index (χ0n) is 15.8. The fourth-order valence-electron chi connectivity index (χ4n) is 3.37. The van der Waals surface area contributed by atoms with Gasteiger partial charge in [0.2, 0.25) is 0 Å². The topological polar surface area (TPSA) is 118 Å². The van der Waals surface area contributed by atoms with Crippen molar-refractivity contribution in [3.05, 3.63) is 24.4 Å². The Balaban J connectivity index is 1.66. The third-order valence-corrected chi connectivity index (χ3v) is 4.91. The molecule has 1 aromatic heterocycles. The number of carbonyl (C=O) groups excluding carboxylic acids is 2. The van der Waals surface area contributed by atoms with Crippen LogP contribution >= 0.6 is 0 Å². The first-order valence-corrected chi connectivity index (χ1v) is 9.18. The Morgan fingerprint density at radius 2 is 2.17 bits per heavy atom. The zero-order valence-corrected chi connectivity index (χ0v) is 15.8. The minimum atomic E-state index is -2.76. The monoisotopic (exact) mass is 423 g/mol. The van der Waals surface area contributed by atoms with Crippen molar-refractivity contribution in [3.8, 4) is 17.1 Å². The van der Waals surface area contributed by atoms with E-state index in [1.54, 1.807) is 35.2 Å². The molecule has 30 heavy (non-hydrogen) atoms. The van der Waals surface area contributed by atoms with Crippen LogP contribution in [-0.2, 0) is 16.1 Å². The lowest BCUT2D eigenvalue weighted by atomic mass is 10.1. The SMILES string of the molecule is CC(Nc1ccc2c(c1)OCCn1cc(N3C(=O)OC[C@H]3C(F)F)nc1-2)C(=O)NO. The molecule has 1 aromatic carbocycles. The predicted octanol–water partition coefficient (Wildman–Crippen LogP) is 1.84. The highest BCUT2D eigenvalue weighted by Gasteiger charge is 2.42. The number of imidazole rings is 1. The number of rotatable bonds is 5. The summed E-state index contributed by atoms with van der Waals surface area (Å²) < 4.78 is 38.8. The van der Waals surface area contributed by atoms with Gasteiger partial charge in [-0.05, 0) is 19.1 Å². The lowest BCUT2D eigenvalue weighted by molar-refractivity contribution is -0.129. The molecule has 0 saturated carbocycles. The van der Waals surface area contributed by atoms with E-state index in [1.165, 1.54) is 6.20 Å². The number of hydrogen-bond acceptors (Lipinski definition) is 7. The number of aromatic nitrogens is 2. The number of ether oxygens (including phenoxy) is 2. The molecule has 2 atom stereocenters. The number of nitrogens with zero attached hydrogens (tertiary/aromatic N) is 3. The van der Waals surface area contributed by atoms with Crippen molar-refractivity contribution in [2.45, 2.75) is 32.0 Å². The Morgan fingerprint density at radius 1 is 1.37 bits per heavy atom. The smallest absolute Gasteiger partial charge is 0.416 e. The van der Waals surface area contributed by atoms with Crippen molar-refractivity contribution in [3.63, 3.8) is 0 Å². The first-order chi connectivity index (χ1) is 14.4. The summed E-state index contributed by atoms with van der Waals surface area (Å²) in [5.74, 6) is 0.415. The van der Waals surface area contributed by atoms with Crippen molar-refractivity contribution in [1.29, 1.82) is 0 Å². The molecule has 1 fully saturated rings. The molecule has 0 bridgehead atoms. The first-order valence-electron chi connectivity index (χ1n) is 9.18. The van der Waals surface area contributed by atoms with E-state index in [2.05, 4.69) is 10.3 Å². The maximum atomic E-state index is 13.3. The van der Waals surface area contributed by atoms with E-state index >= 15 is 0 Å². The average molecular weight is 423 g/mol. The second-order valence-electron chi connectivity index (χ2n) is 6.87. The van der Waals surface area contributed by atoms with Crippen LogP contribution < -0.4 is 20.4 Å². The van der Waals surface area contributed by atoms with Gasteiger partial charge in [-0.15, -0.1) is 0 Å². The van der Waals surface area contributed by atoms with Crippen molar-refractivity contribution in [2.75, 3.05) is 23.4 Å². The molecule has 2 aromatic rings. The normalized spacial score (nSPS) is 18.8. The van der Waals surface area contributed by atoms with Gasteiger partial charge in [0.05, 0.1) is 12.1 Å². The van der Waals surface area contributed by atoms with E-state index in [1.807, 2.05) is 0 Å². The second-order valence-corrected chi connectivity index (χ2v) is 6.87. The Kier molecular flexibility index (Phi) is 5.16. The molecule has 3 N–H and O–H groups in total. The molecule has 12 heteroatoms. The summed E-state index contributed by atoms with van der Waals surface area (Å²) >= 11 is 0. The Bertz CT molecular complexity index is 982. The maximum Gasteiger partial charge on any atom is 0.416 e.